The van der Waals surface area contributed by atoms with Crippen molar-refractivity contribution in [3.63, 3.8) is 0 Å². The van der Waals surface area contributed by atoms with Crippen LogP contribution in [0.3, 0.4) is 0 Å². The number of halogens is 1. The maximum atomic E-state index is 11.7. The molecule has 0 saturated carbocycles. The summed E-state index contributed by atoms with van der Waals surface area (Å²) < 4.78 is 7.25. The Morgan fingerprint density at radius 3 is 3.06 bits per heavy atom. The van der Waals surface area contributed by atoms with E-state index in [2.05, 4.69) is 32.9 Å². The van der Waals surface area contributed by atoms with E-state index in [0.717, 1.165) is 12.2 Å². The normalized spacial score (nSPS) is 21.2. The van der Waals surface area contributed by atoms with Crippen molar-refractivity contribution >= 4 is 21.6 Å². The van der Waals surface area contributed by atoms with Crippen molar-refractivity contribution in [1.82, 2.24) is 9.78 Å². The van der Waals surface area contributed by atoms with E-state index in [1.807, 2.05) is 0 Å². The molecule has 0 N–H and O–H groups in total. The van der Waals surface area contributed by atoms with Crippen molar-refractivity contribution in [1.29, 1.82) is 0 Å². The standard InChI is InChI=1S/C10H14BrN3O2/c1-7-6-16-4-3-14(7)8-5-12-13(2)10(15)9(8)11/h5,7H,3-4,6H2,1-2H3. The molecule has 6 heteroatoms. The summed E-state index contributed by atoms with van der Waals surface area (Å²) in [5.41, 5.74) is 0.732. The maximum absolute atomic E-state index is 11.7. The molecule has 1 aliphatic rings. The molecule has 88 valence electrons. The maximum Gasteiger partial charge on any atom is 0.282 e. The molecule has 0 bridgehead atoms. The highest BCUT2D eigenvalue weighted by Crippen LogP contribution is 2.24. The zero-order valence-corrected chi connectivity index (χ0v) is 10.9. The summed E-state index contributed by atoms with van der Waals surface area (Å²) in [4.78, 5) is 13.9. The van der Waals surface area contributed by atoms with E-state index < -0.39 is 0 Å². The summed E-state index contributed by atoms with van der Waals surface area (Å²) in [6, 6.07) is 0.263. The minimum absolute atomic E-state index is 0.115. The van der Waals surface area contributed by atoms with E-state index in [1.54, 1.807) is 13.2 Å². The zero-order chi connectivity index (χ0) is 11.7. The lowest BCUT2D eigenvalue weighted by Crippen LogP contribution is -2.44. The lowest BCUT2D eigenvalue weighted by atomic mass is 10.2. The molecule has 0 spiro atoms. The van der Waals surface area contributed by atoms with Crippen LogP contribution >= 0.6 is 15.9 Å². The Bertz CT molecular complexity index is 446. The second kappa shape index (κ2) is 4.55. The highest BCUT2D eigenvalue weighted by atomic mass is 79.9. The van der Waals surface area contributed by atoms with Gasteiger partial charge < -0.3 is 9.64 Å². The van der Waals surface area contributed by atoms with Gasteiger partial charge in [-0.05, 0) is 22.9 Å². The summed E-state index contributed by atoms with van der Waals surface area (Å²) >= 11 is 3.34. The molecule has 1 aromatic heterocycles. The molecule has 1 fully saturated rings. The van der Waals surface area contributed by atoms with Gasteiger partial charge in [-0.2, -0.15) is 5.10 Å². The Labute approximate surface area is 102 Å². The van der Waals surface area contributed by atoms with E-state index >= 15 is 0 Å². The van der Waals surface area contributed by atoms with Crippen LogP contribution in [0.2, 0.25) is 0 Å². The molecule has 1 unspecified atom stereocenters. The van der Waals surface area contributed by atoms with E-state index in [4.69, 9.17) is 4.74 Å². The fraction of sp³-hybridized carbons (Fsp3) is 0.600. The van der Waals surface area contributed by atoms with Gasteiger partial charge in [-0.25, -0.2) is 4.68 Å². The van der Waals surface area contributed by atoms with Crippen molar-refractivity contribution in [3.05, 3.63) is 21.0 Å². The lowest BCUT2D eigenvalue weighted by molar-refractivity contribution is 0.0988. The van der Waals surface area contributed by atoms with Crippen LogP contribution in [0.4, 0.5) is 5.69 Å². The van der Waals surface area contributed by atoms with E-state index in [9.17, 15) is 4.79 Å². The third-order valence-corrected chi connectivity index (χ3v) is 3.48. The summed E-state index contributed by atoms with van der Waals surface area (Å²) in [6.45, 7) is 4.23. The number of morpholine rings is 1. The van der Waals surface area contributed by atoms with Crippen molar-refractivity contribution in [2.45, 2.75) is 13.0 Å². The van der Waals surface area contributed by atoms with Crippen LogP contribution in [0.1, 0.15) is 6.92 Å². The molecular formula is C10H14BrN3O2. The molecular weight excluding hydrogens is 274 g/mol. The smallest absolute Gasteiger partial charge is 0.282 e. The van der Waals surface area contributed by atoms with Crippen LogP contribution in [-0.4, -0.2) is 35.6 Å². The number of nitrogens with zero attached hydrogens (tertiary/aromatic N) is 3. The Kier molecular flexibility index (Phi) is 3.30. The number of ether oxygens (including phenoxy) is 1. The first-order valence-electron chi connectivity index (χ1n) is 5.17. The van der Waals surface area contributed by atoms with Crippen molar-refractivity contribution < 1.29 is 4.74 Å². The van der Waals surface area contributed by atoms with Gasteiger partial charge in [0, 0.05) is 19.6 Å². The molecule has 1 aromatic rings. The number of aromatic nitrogens is 2. The molecule has 5 nitrogen and oxygen atoms in total. The lowest BCUT2D eigenvalue weighted by Gasteiger charge is -2.35. The number of rotatable bonds is 1. The number of anilines is 1. The molecule has 1 saturated heterocycles. The third kappa shape index (κ3) is 1.99. The number of aryl methyl sites for hydroxylation is 1. The second-order valence-electron chi connectivity index (χ2n) is 3.89. The van der Waals surface area contributed by atoms with Gasteiger partial charge >= 0.3 is 0 Å². The zero-order valence-electron chi connectivity index (χ0n) is 9.31. The topological polar surface area (TPSA) is 47.4 Å². The monoisotopic (exact) mass is 287 g/mol. The second-order valence-corrected chi connectivity index (χ2v) is 4.68. The Morgan fingerprint density at radius 1 is 1.62 bits per heavy atom. The van der Waals surface area contributed by atoms with Gasteiger partial charge in [0.1, 0.15) is 4.47 Å². The Hall–Kier alpha value is -0.880. The van der Waals surface area contributed by atoms with E-state index in [0.29, 0.717) is 17.7 Å². The van der Waals surface area contributed by atoms with E-state index in [1.165, 1.54) is 4.68 Å². The van der Waals surface area contributed by atoms with Gasteiger partial charge in [-0.15, -0.1) is 0 Å². The number of hydrogen-bond acceptors (Lipinski definition) is 4. The Balaban J connectivity index is 2.40. The predicted molar refractivity (Wildman–Crippen MR) is 64.8 cm³/mol. The summed E-state index contributed by atoms with van der Waals surface area (Å²) in [6.07, 6.45) is 1.72. The third-order valence-electron chi connectivity index (χ3n) is 2.74. The van der Waals surface area contributed by atoms with Gasteiger partial charge in [0.25, 0.3) is 5.56 Å². The molecule has 0 radical (unpaired) electrons. The summed E-state index contributed by atoms with van der Waals surface area (Å²) in [7, 11) is 1.64. The molecule has 0 aromatic carbocycles. The van der Waals surface area contributed by atoms with Crippen LogP contribution in [0.5, 0.6) is 0 Å². The molecule has 16 heavy (non-hydrogen) atoms. The van der Waals surface area contributed by atoms with Gasteiger partial charge in [0.05, 0.1) is 25.1 Å². The molecule has 0 aliphatic carbocycles. The average Bonchev–Trinajstić information content (AvgIpc) is 2.28. The predicted octanol–water partition coefficient (Wildman–Crippen LogP) is 0.768. The summed E-state index contributed by atoms with van der Waals surface area (Å²) in [5.74, 6) is 0. The molecule has 0 amide bonds. The first-order valence-corrected chi connectivity index (χ1v) is 5.96. The van der Waals surface area contributed by atoms with Gasteiger partial charge in [0.2, 0.25) is 0 Å². The highest BCUT2D eigenvalue weighted by Gasteiger charge is 2.22. The van der Waals surface area contributed by atoms with Crippen LogP contribution < -0.4 is 10.5 Å². The van der Waals surface area contributed by atoms with Gasteiger partial charge in [0.15, 0.2) is 0 Å². The van der Waals surface area contributed by atoms with Crippen LogP contribution in [-0.2, 0) is 11.8 Å². The molecule has 2 rings (SSSR count). The fourth-order valence-electron chi connectivity index (χ4n) is 1.79. The SMILES string of the molecule is CC1COCCN1c1cnn(C)c(=O)c1Br. The highest BCUT2D eigenvalue weighted by molar-refractivity contribution is 9.10. The van der Waals surface area contributed by atoms with E-state index in [-0.39, 0.29) is 11.6 Å². The van der Waals surface area contributed by atoms with Crippen LogP contribution in [0.25, 0.3) is 0 Å². The van der Waals surface area contributed by atoms with Crippen LogP contribution in [0, 0.1) is 0 Å². The molecule has 2 heterocycles. The Morgan fingerprint density at radius 2 is 2.38 bits per heavy atom. The van der Waals surface area contributed by atoms with Crippen molar-refractivity contribution in [3.8, 4) is 0 Å². The minimum atomic E-state index is -0.115. The molecule has 1 atom stereocenters. The fourth-order valence-corrected chi connectivity index (χ4v) is 2.37. The van der Waals surface area contributed by atoms with Gasteiger partial charge in [-0.1, -0.05) is 0 Å². The summed E-state index contributed by atoms with van der Waals surface area (Å²) in [5, 5.41) is 4.04. The number of hydrogen-bond donors (Lipinski definition) is 0. The minimum Gasteiger partial charge on any atom is -0.377 e. The quantitative estimate of drug-likeness (QED) is 0.766. The first-order chi connectivity index (χ1) is 7.61. The van der Waals surface area contributed by atoms with Crippen molar-refractivity contribution in [2.75, 3.05) is 24.7 Å². The first kappa shape index (κ1) is 11.6. The van der Waals surface area contributed by atoms with Crippen LogP contribution in [0.15, 0.2) is 15.5 Å². The van der Waals surface area contributed by atoms with Gasteiger partial charge in [-0.3, -0.25) is 4.79 Å². The average molecular weight is 288 g/mol. The van der Waals surface area contributed by atoms with Crippen molar-refractivity contribution in [2.24, 2.45) is 7.05 Å². The largest absolute Gasteiger partial charge is 0.377 e. The molecule has 1 aliphatic heterocycles.